The average Bonchev–Trinajstić information content (AvgIpc) is 3.02. The highest BCUT2D eigenvalue weighted by atomic mass is 16.6. The van der Waals surface area contributed by atoms with E-state index >= 15 is 0 Å². The number of hydrogen-bond acceptors (Lipinski definition) is 7. The van der Waals surface area contributed by atoms with Crippen LogP contribution in [0.3, 0.4) is 0 Å². The summed E-state index contributed by atoms with van der Waals surface area (Å²) in [6, 6.07) is 11.1. The second-order valence-corrected chi connectivity index (χ2v) is 6.94. The maximum Gasteiger partial charge on any atom is 0.295 e. The SMILES string of the molecule is CCCN1C(=O)C(=O)/C(=C(\O)c2cccc([N+](=O)[O-])c2)C1c1cccc(OCCO)c1. The number of ketones is 1. The lowest BCUT2D eigenvalue weighted by Crippen LogP contribution is -2.30. The Hall–Kier alpha value is -3.72. The van der Waals surface area contributed by atoms with Gasteiger partial charge in [-0.15, -0.1) is 0 Å². The van der Waals surface area contributed by atoms with E-state index in [0.717, 1.165) is 6.07 Å². The van der Waals surface area contributed by atoms with E-state index in [-0.39, 0.29) is 36.6 Å². The molecule has 0 aromatic heterocycles. The van der Waals surface area contributed by atoms with Crippen LogP contribution < -0.4 is 4.74 Å². The number of nitro groups is 1. The lowest BCUT2D eigenvalue weighted by atomic mass is 9.95. The molecule has 2 aromatic rings. The highest BCUT2D eigenvalue weighted by Crippen LogP contribution is 2.40. The van der Waals surface area contributed by atoms with E-state index in [2.05, 4.69) is 0 Å². The van der Waals surface area contributed by atoms with Gasteiger partial charge in [-0.05, 0) is 24.1 Å². The summed E-state index contributed by atoms with van der Waals surface area (Å²) in [6.45, 7) is 2.04. The lowest BCUT2D eigenvalue weighted by Gasteiger charge is -2.25. The molecule has 9 nitrogen and oxygen atoms in total. The largest absolute Gasteiger partial charge is 0.507 e. The Morgan fingerprint density at radius 2 is 1.94 bits per heavy atom. The average molecular weight is 426 g/mol. The molecule has 0 bridgehead atoms. The predicted molar refractivity (Wildman–Crippen MR) is 111 cm³/mol. The summed E-state index contributed by atoms with van der Waals surface area (Å²) < 4.78 is 5.43. The first-order valence-electron chi connectivity index (χ1n) is 9.75. The quantitative estimate of drug-likeness (QED) is 0.218. The highest BCUT2D eigenvalue weighted by molar-refractivity contribution is 6.46. The zero-order valence-electron chi connectivity index (χ0n) is 16.9. The molecule has 1 heterocycles. The fourth-order valence-electron chi connectivity index (χ4n) is 3.56. The molecule has 0 saturated carbocycles. The van der Waals surface area contributed by atoms with Gasteiger partial charge in [0.25, 0.3) is 17.4 Å². The fourth-order valence-corrected chi connectivity index (χ4v) is 3.56. The number of rotatable bonds is 8. The molecular weight excluding hydrogens is 404 g/mol. The first-order valence-corrected chi connectivity index (χ1v) is 9.75. The number of nitro benzene ring substituents is 1. The lowest BCUT2D eigenvalue weighted by molar-refractivity contribution is -0.384. The van der Waals surface area contributed by atoms with E-state index in [1.807, 2.05) is 6.92 Å². The molecule has 2 N–H and O–H groups in total. The van der Waals surface area contributed by atoms with Crippen molar-refractivity contribution < 1.29 is 29.5 Å². The topological polar surface area (TPSA) is 130 Å². The number of likely N-dealkylation sites (tertiary alicyclic amines) is 1. The minimum absolute atomic E-state index is 0.0707. The third-order valence-electron chi connectivity index (χ3n) is 4.87. The molecule has 1 amide bonds. The van der Waals surface area contributed by atoms with Gasteiger partial charge < -0.3 is 19.8 Å². The maximum atomic E-state index is 12.9. The number of ether oxygens (including phenoxy) is 1. The number of carbonyl (C=O) groups is 2. The molecule has 1 saturated heterocycles. The normalized spacial score (nSPS) is 17.7. The van der Waals surface area contributed by atoms with E-state index in [9.17, 15) is 24.8 Å². The zero-order chi connectivity index (χ0) is 22.5. The van der Waals surface area contributed by atoms with Gasteiger partial charge in [0, 0.05) is 24.2 Å². The molecule has 1 aliphatic heterocycles. The van der Waals surface area contributed by atoms with Crippen LogP contribution in [-0.4, -0.2) is 51.5 Å². The van der Waals surface area contributed by atoms with Crippen LogP contribution in [0.25, 0.3) is 5.76 Å². The summed E-state index contributed by atoms with van der Waals surface area (Å²) in [6.07, 6.45) is 0.584. The number of benzene rings is 2. The second kappa shape index (κ2) is 9.40. The van der Waals surface area contributed by atoms with E-state index in [1.165, 1.54) is 23.1 Å². The van der Waals surface area contributed by atoms with E-state index in [1.54, 1.807) is 24.3 Å². The Balaban J connectivity index is 2.15. The van der Waals surface area contributed by atoms with E-state index in [4.69, 9.17) is 9.84 Å². The summed E-state index contributed by atoms with van der Waals surface area (Å²) in [5, 5.41) is 31.0. The molecule has 0 aliphatic carbocycles. The number of nitrogens with zero attached hydrogens (tertiary/aromatic N) is 2. The van der Waals surface area contributed by atoms with Gasteiger partial charge in [-0.2, -0.15) is 0 Å². The molecule has 1 atom stereocenters. The second-order valence-electron chi connectivity index (χ2n) is 6.94. The first-order chi connectivity index (χ1) is 14.9. The van der Waals surface area contributed by atoms with Gasteiger partial charge in [-0.25, -0.2) is 0 Å². The number of hydrogen-bond donors (Lipinski definition) is 2. The predicted octanol–water partition coefficient (Wildman–Crippen LogP) is 2.80. The highest BCUT2D eigenvalue weighted by Gasteiger charge is 2.45. The van der Waals surface area contributed by atoms with Crippen molar-refractivity contribution in [3.05, 3.63) is 75.3 Å². The van der Waals surface area contributed by atoms with Gasteiger partial charge in [0.2, 0.25) is 0 Å². The Morgan fingerprint density at radius 1 is 1.19 bits per heavy atom. The van der Waals surface area contributed by atoms with Gasteiger partial charge in [0.15, 0.2) is 0 Å². The molecular formula is C22H22N2O7. The smallest absolute Gasteiger partial charge is 0.295 e. The van der Waals surface area contributed by atoms with Crippen molar-refractivity contribution >= 4 is 23.1 Å². The van der Waals surface area contributed by atoms with Crippen molar-refractivity contribution in [2.24, 2.45) is 0 Å². The number of amides is 1. The Bertz CT molecular complexity index is 1050. The molecule has 1 aliphatic rings. The van der Waals surface area contributed by atoms with Gasteiger partial charge in [0.05, 0.1) is 23.1 Å². The standard InChI is InChI=1S/C22H22N2O7/c1-2-9-23-19(14-5-4-8-17(13-14)31-11-10-25)18(21(27)22(23)28)20(26)15-6-3-7-16(12-15)24(29)30/h3-8,12-13,19,25-26H,2,9-11H2,1H3/b20-18-. The van der Waals surface area contributed by atoms with Crippen molar-refractivity contribution in [2.75, 3.05) is 19.8 Å². The van der Waals surface area contributed by atoms with Crippen molar-refractivity contribution in [1.29, 1.82) is 0 Å². The molecule has 0 radical (unpaired) electrons. The number of carbonyl (C=O) groups excluding carboxylic acids is 2. The van der Waals surface area contributed by atoms with E-state index < -0.39 is 28.4 Å². The van der Waals surface area contributed by atoms with Crippen LogP contribution in [0, 0.1) is 10.1 Å². The number of aliphatic hydroxyl groups is 2. The van der Waals surface area contributed by atoms with Crippen LogP contribution in [0.2, 0.25) is 0 Å². The summed E-state index contributed by atoms with van der Waals surface area (Å²) in [7, 11) is 0. The minimum Gasteiger partial charge on any atom is -0.507 e. The van der Waals surface area contributed by atoms with Crippen molar-refractivity contribution in [3.63, 3.8) is 0 Å². The van der Waals surface area contributed by atoms with Crippen LogP contribution >= 0.6 is 0 Å². The molecule has 1 fully saturated rings. The molecule has 3 rings (SSSR count). The summed E-state index contributed by atoms with van der Waals surface area (Å²) >= 11 is 0. The molecule has 9 heteroatoms. The fraction of sp³-hybridized carbons (Fsp3) is 0.273. The monoisotopic (exact) mass is 426 g/mol. The third kappa shape index (κ3) is 4.41. The Morgan fingerprint density at radius 3 is 2.61 bits per heavy atom. The zero-order valence-corrected chi connectivity index (χ0v) is 16.9. The van der Waals surface area contributed by atoms with Crippen LogP contribution in [0.1, 0.15) is 30.5 Å². The first kappa shape index (κ1) is 22.0. The number of non-ortho nitro benzene ring substituents is 1. The van der Waals surface area contributed by atoms with Gasteiger partial charge >= 0.3 is 0 Å². The summed E-state index contributed by atoms with van der Waals surface area (Å²) in [4.78, 5) is 37.4. The van der Waals surface area contributed by atoms with Crippen LogP contribution in [0.15, 0.2) is 54.1 Å². The van der Waals surface area contributed by atoms with Gasteiger partial charge in [-0.3, -0.25) is 19.7 Å². The molecule has 0 spiro atoms. The summed E-state index contributed by atoms with van der Waals surface area (Å²) in [5.74, 6) is -1.65. The van der Waals surface area contributed by atoms with Crippen LogP contribution in [-0.2, 0) is 9.59 Å². The van der Waals surface area contributed by atoms with Crippen molar-refractivity contribution in [1.82, 2.24) is 4.90 Å². The van der Waals surface area contributed by atoms with Gasteiger partial charge in [-0.1, -0.05) is 31.2 Å². The number of Topliss-reactive ketones (excluding diaryl/α,β-unsaturated/α-hetero) is 1. The maximum absolute atomic E-state index is 12.9. The van der Waals surface area contributed by atoms with E-state index in [0.29, 0.717) is 17.7 Å². The molecule has 1 unspecified atom stereocenters. The molecule has 2 aromatic carbocycles. The van der Waals surface area contributed by atoms with Crippen LogP contribution in [0.5, 0.6) is 5.75 Å². The minimum atomic E-state index is -0.878. The molecule has 31 heavy (non-hydrogen) atoms. The van der Waals surface area contributed by atoms with Crippen molar-refractivity contribution in [2.45, 2.75) is 19.4 Å². The number of aliphatic hydroxyl groups excluding tert-OH is 2. The Labute approximate surface area is 178 Å². The van der Waals surface area contributed by atoms with Crippen LogP contribution in [0.4, 0.5) is 5.69 Å². The third-order valence-corrected chi connectivity index (χ3v) is 4.87. The summed E-state index contributed by atoms with van der Waals surface area (Å²) in [5.41, 5.74) is 0.220. The molecule has 162 valence electrons. The Kier molecular flexibility index (Phi) is 6.66. The van der Waals surface area contributed by atoms with Gasteiger partial charge in [0.1, 0.15) is 18.1 Å². The van der Waals surface area contributed by atoms with Crippen molar-refractivity contribution in [3.8, 4) is 5.75 Å².